The second-order valence-corrected chi connectivity index (χ2v) is 5.45. The molecule has 1 aromatic carbocycles. The Morgan fingerprint density at radius 1 is 1.14 bits per heavy atom. The third-order valence-corrected chi connectivity index (χ3v) is 3.00. The first-order valence-electron chi connectivity index (χ1n) is 7.21. The Hall–Kier alpha value is -1.88. The molecule has 0 radical (unpaired) electrons. The van der Waals surface area contributed by atoms with Crippen LogP contribution < -0.4 is 10.6 Å². The zero-order chi connectivity index (χ0) is 15.7. The molecule has 0 aliphatic rings. The van der Waals surface area contributed by atoms with E-state index in [9.17, 15) is 9.59 Å². The normalized spacial score (nSPS) is 10.5. The monoisotopic (exact) mass is 291 g/mol. The van der Waals surface area contributed by atoms with Gasteiger partial charge in [0.05, 0.1) is 13.0 Å². The van der Waals surface area contributed by atoms with E-state index >= 15 is 0 Å². The third kappa shape index (κ3) is 8.09. The molecular formula is C16H25N3O2. The summed E-state index contributed by atoms with van der Waals surface area (Å²) in [6.45, 7) is 3.58. The van der Waals surface area contributed by atoms with Gasteiger partial charge in [-0.25, -0.2) is 0 Å². The average Bonchev–Trinajstić information content (AvgIpc) is 2.41. The SMILES string of the molecule is Cc1cccc(CC(=O)NCC(=O)NCCCN(C)C)c1. The average molecular weight is 291 g/mol. The number of carbonyl (C=O) groups excluding carboxylic acids is 2. The number of nitrogens with zero attached hydrogens (tertiary/aromatic N) is 1. The number of hydrogen-bond acceptors (Lipinski definition) is 3. The highest BCUT2D eigenvalue weighted by atomic mass is 16.2. The van der Waals surface area contributed by atoms with Gasteiger partial charge < -0.3 is 15.5 Å². The number of hydrogen-bond donors (Lipinski definition) is 2. The Labute approximate surface area is 126 Å². The van der Waals surface area contributed by atoms with Gasteiger partial charge in [0.15, 0.2) is 0 Å². The zero-order valence-electron chi connectivity index (χ0n) is 13.1. The summed E-state index contributed by atoms with van der Waals surface area (Å²) in [5.74, 6) is -0.282. The molecule has 1 aromatic rings. The van der Waals surface area contributed by atoms with Gasteiger partial charge >= 0.3 is 0 Å². The molecule has 1 rings (SSSR count). The zero-order valence-corrected chi connectivity index (χ0v) is 13.1. The Bertz CT molecular complexity index is 472. The minimum absolute atomic E-state index is 0.0343. The van der Waals surface area contributed by atoms with E-state index in [4.69, 9.17) is 0 Å². The van der Waals surface area contributed by atoms with Gasteiger partial charge in [0, 0.05) is 6.54 Å². The maximum absolute atomic E-state index is 11.7. The van der Waals surface area contributed by atoms with E-state index in [0.717, 1.165) is 24.1 Å². The molecule has 116 valence electrons. The number of rotatable bonds is 8. The fourth-order valence-corrected chi connectivity index (χ4v) is 1.93. The molecule has 0 aromatic heterocycles. The van der Waals surface area contributed by atoms with E-state index in [1.54, 1.807) is 0 Å². The molecule has 0 aliphatic heterocycles. The minimum atomic E-state index is -0.147. The van der Waals surface area contributed by atoms with Crippen molar-refractivity contribution in [1.29, 1.82) is 0 Å². The maximum atomic E-state index is 11.7. The predicted octanol–water partition coefficient (Wildman–Crippen LogP) is 0.722. The second kappa shape index (κ2) is 9.13. The highest BCUT2D eigenvalue weighted by molar-refractivity contribution is 5.85. The predicted molar refractivity (Wildman–Crippen MR) is 84.1 cm³/mol. The van der Waals surface area contributed by atoms with Crippen LogP contribution in [0.2, 0.25) is 0 Å². The Balaban J connectivity index is 2.19. The lowest BCUT2D eigenvalue weighted by molar-refractivity contribution is -0.125. The fourth-order valence-electron chi connectivity index (χ4n) is 1.93. The molecule has 0 saturated heterocycles. The molecule has 0 saturated carbocycles. The van der Waals surface area contributed by atoms with Crippen LogP contribution in [0.1, 0.15) is 17.5 Å². The molecule has 5 nitrogen and oxygen atoms in total. The molecule has 0 bridgehead atoms. The first-order chi connectivity index (χ1) is 9.97. The van der Waals surface area contributed by atoms with Gasteiger partial charge in [0.25, 0.3) is 0 Å². The number of benzene rings is 1. The van der Waals surface area contributed by atoms with Crippen LogP contribution in [0.4, 0.5) is 0 Å². The molecule has 0 aliphatic carbocycles. The van der Waals surface area contributed by atoms with Crippen molar-refractivity contribution in [3.63, 3.8) is 0 Å². The lowest BCUT2D eigenvalue weighted by Gasteiger charge is -2.10. The van der Waals surface area contributed by atoms with Crippen molar-refractivity contribution < 1.29 is 9.59 Å². The highest BCUT2D eigenvalue weighted by Crippen LogP contribution is 2.04. The second-order valence-electron chi connectivity index (χ2n) is 5.45. The van der Waals surface area contributed by atoms with E-state index in [-0.39, 0.29) is 18.4 Å². The Morgan fingerprint density at radius 3 is 2.57 bits per heavy atom. The van der Waals surface area contributed by atoms with Crippen LogP contribution in [0.15, 0.2) is 24.3 Å². The van der Waals surface area contributed by atoms with Crippen molar-refractivity contribution in [2.45, 2.75) is 19.8 Å². The summed E-state index contributed by atoms with van der Waals surface area (Å²) in [7, 11) is 3.99. The first-order valence-corrected chi connectivity index (χ1v) is 7.21. The maximum Gasteiger partial charge on any atom is 0.239 e. The summed E-state index contributed by atoms with van der Waals surface area (Å²) in [6, 6.07) is 7.80. The summed E-state index contributed by atoms with van der Waals surface area (Å²) < 4.78 is 0. The standard InChI is InChI=1S/C16H25N3O2/c1-13-6-4-7-14(10-13)11-15(20)18-12-16(21)17-8-5-9-19(2)3/h4,6-7,10H,5,8-9,11-12H2,1-3H3,(H,17,21)(H,18,20). The molecule has 0 spiro atoms. The molecule has 0 heterocycles. The van der Waals surface area contributed by atoms with E-state index in [1.807, 2.05) is 45.3 Å². The van der Waals surface area contributed by atoms with Crippen molar-refractivity contribution in [2.75, 3.05) is 33.7 Å². The van der Waals surface area contributed by atoms with Gasteiger partial charge in [-0.2, -0.15) is 0 Å². The van der Waals surface area contributed by atoms with Crippen molar-refractivity contribution >= 4 is 11.8 Å². The van der Waals surface area contributed by atoms with Crippen LogP contribution in [0.3, 0.4) is 0 Å². The lowest BCUT2D eigenvalue weighted by Crippen LogP contribution is -2.38. The van der Waals surface area contributed by atoms with Gasteiger partial charge in [-0.05, 0) is 39.5 Å². The van der Waals surface area contributed by atoms with Crippen molar-refractivity contribution in [3.05, 3.63) is 35.4 Å². The van der Waals surface area contributed by atoms with Crippen LogP contribution in [0.25, 0.3) is 0 Å². The Kier molecular flexibility index (Phi) is 7.46. The topological polar surface area (TPSA) is 61.4 Å². The van der Waals surface area contributed by atoms with Crippen molar-refractivity contribution in [2.24, 2.45) is 0 Å². The number of nitrogens with one attached hydrogen (secondary N) is 2. The molecular weight excluding hydrogens is 266 g/mol. The van der Waals surface area contributed by atoms with Crippen LogP contribution in [0, 0.1) is 6.92 Å². The van der Waals surface area contributed by atoms with Gasteiger partial charge in [-0.15, -0.1) is 0 Å². The van der Waals surface area contributed by atoms with Gasteiger partial charge in [-0.3, -0.25) is 9.59 Å². The molecule has 2 amide bonds. The number of amides is 2. The van der Waals surface area contributed by atoms with Crippen molar-refractivity contribution in [1.82, 2.24) is 15.5 Å². The summed E-state index contributed by atoms with van der Waals surface area (Å²) in [5.41, 5.74) is 2.08. The Morgan fingerprint density at radius 2 is 1.90 bits per heavy atom. The van der Waals surface area contributed by atoms with E-state index in [2.05, 4.69) is 15.5 Å². The van der Waals surface area contributed by atoms with Crippen molar-refractivity contribution in [3.8, 4) is 0 Å². The highest BCUT2D eigenvalue weighted by Gasteiger charge is 2.06. The quantitative estimate of drug-likeness (QED) is 0.694. The van der Waals surface area contributed by atoms with Crippen LogP contribution in [-0.4, -0.2) is 50.4 Å². The fraction of sp³-hybridized carbons (Fsp3) is 0.500. The summed E-state index contributed by atoms with van der Waals surface area (Å²) in [5, 5.41) is 5.42. The summed E-state index contributed by atoms with van der Waals surface area (Å²) in [4.78, 5) is 25.4. The molecule has 0 unspecified atom stereocenters. The largest absolute Gasteiger partial charge is 0.355 e. The number of aryl methyl sites for hydroxylation is 1. The van der Waals surface area contributed by atoms with Crippen LogP contribution in [-0.2, 0) is 16.0 Å². The van der Waals surface area contributed by atoms with Gasteiger partial charge in [-0.1, -0.05) is 29.8 Å². The summed E-state index contributed by atoms with van der Waals surface area (Å²) in [6.07, 6.45) is 1.20. The molecule has 0 atom stereocenters. The van der Waals surface area contributed by atoms with E-state index in [1.165, 1.54) is 0 Å². The van der Waals surface area contributed by atoms with Gasteiger partial charge in [0.2, 0.25) is 11.8 Å². The van der Waals surface area contributed by atoms with E-state index in [0.29, 0.717) is 13.0 Å². The third-order valence-electron chi connectivity index (χ3n) is 3.00. The first kappa shape index (κ1) is 17.2. The minimum Gasteiger partial charge on any atom is -0.355 e. The molecule has 0 fully saturated rings. The molecule has 2 N–H and O–H groups in total. The lowest BCUT2D eigenvalue weighted by atomic mass is 10.1. The molecule has 5 heteroatoms. The van der Waals surface area contributed by atoms with Gasteiger partial charge in [0.1, 0.15) is 0 Å². The molecule has 21 heavy (non-hydrogen) atoms. The number of carbonyl (C=O) groups is 2. The van der Waals surface area contributed by atoms with Crippen LogP contribution >= 0.6 is 0 Å². The van der Waals surface area contributed by atoms with E-state index < -0.39 is 0 Å². The summed E-state index contributed by atoms with van der Waals surface area (Å²) >= 11 is 0. The smallest absolute Gasteiger partial charge is 0.239 e. The van der Waals surface area contributed by atoms with Crippen LogP contribution in [0.5, 0.6) is 0 Å².